The van der Waals surface area contributed by atoms with Gasteiger partial charge in [0.05, 0.1) is 23.5 Å². The van der Waals surface area contributed by atoms with Gasteiger partial charge in [-0.25, -0.2) is 4.79 Å². The Hall–Kier alpha value is -3.53. The zero-order valence-corrected chi connectivity index (χ0v) is 20.5. The van der Waals surface area contributed by atoms with Gasteiger partial charge < -0.3 is 15.0 Å². The van der Waals surface area contributed by atoms with E-state index in [2.05, 4.69) is 79.2 Å². The quantitative estimate of drug-likeness (QED) is 0.233. The van der Waals surface area contributed by atoms with Crippen LogP contribution < -0.4 is 10.2 Å². The molecule has 0 aliphatic heterocycles. The summed E-state index contributed by atoms with van der Waals surface area (Å²) in [5.41, 5.74) is 4.96. The van der Waals surface area contributed by atoms with E-state index in [1.165, 1.54) is 11.1 Å². The van der Waals surface area contributed by atoms with Crippen LogP contribution in [0.25, 0.3) is 0 Å². The maximum atomic E-state index is 12.6. The molecule has 3 aromatic rings. The van der Waals surface area contributed by atoms with Crippen molar-refractivity contribution in [2.45, 2.75) is 46.3 Å². The maximum absolute atomic E-state index is 12.6. The lowest BCUT2D eigenvalue weighted by Crippen LogP contribution is -2.27. The largest absolute Gasteiger partial charge is 0.462 e. The predicted octanol–water partition coefficient (Wildman–Crippen LogP) is 7.08. The molecule has 0 heterocycles. The smallest absolute Gasteiger partial charge is 0.338 e. The van der Waals surface area contributed by atoms with Gasteiger partial charge in [0.25, 0.3) is 0 Å². The molecule has 34 heavy (non-hydrogen) atoms. The molecule has 0 bridgehead atoms. The highest BCUT2D eigenvalue weighted by molar-refractivity contribution is 5.92. The molecule has 178 valence electrons. The number of allylic oxidation sites excluding steroid dienone is 1. The van der Waals surface area contributed by atoms with Crippen molar-refractivity contribution >= 4 is 17.3 Å². The topological polar surface area (TPSA) is 41.6 Å². The van der Waals surface area contributed by atoms with Gasteiger partial charge in [0.2, 0.25) is 0 Å². The molecule has 0 spiro atoms. The second-order valence-electron chi connectivity index (χ2n) is 8.71. The molecule has 0 saturated heterocycles. The first-order chi connectivity index (χ1) is 16.5. The number of benzene rings is 3. The number of rotatable bonds is 12. The van der Waals surface area contributed by atoms with Crippen LogP contribution in [0.1, 0.15) is 48.7 Å². The van der Waals surface area contributed by atoms with E-state index in [0.29, 0.717) is 31.2 Å². The Bertz CT molecular complexity index is 1010. The van der Waals surface area contributed by atoms with E-state index >= 15 is 0 Å². The average molecular weight is 457 g/mol. The summed E-state index contributed by atoms with van der Waals surface area (Å²) in [4.78, 5) is 14.9. The van der Waals surface area contributed by atoms with Crippen LogP contribution in [0.15, 0.2) is 91.5 Å². The third-order valence-corrected chi connectivity index (χ3v) is 6.06. The molecular formula is C30H36N2O2. The van der Waals surface area contributed by atoms with Crippen LogP contribution in [0.5, 0.6) is 0 Å². The number of nitrogens with one attached hydrogen (secondary N) is 1. The molecule has 0 fully saturated rings. The van der Waals surface area contributed by atoms with Crippen molar-refractivity contribution in [3.63, 3.8) is 0 Å². The summed E-state index contributed by atoms with van der Waals surface area (Å²) >= 11 is 0. The van der Waals surface area contributed by atoms with Crippen LogP contribution in [0, 0.1) is 5.92 Å². The van der Waals surface area contributed by atoms with Gasteiger partial charge in [0, 0.05) is 19.1 Å². The summed E-state index contributed by atoms with van der Waals surface area (Å²) in [6, 6.07) is 26.9. The van der Waals surface area contributed by atoms with E-state index in [9.17, 15) is 4.79 Å². The highest BCUT2D eigenvalue weighted by Crippen LogP contribution is 2.32. The van der Waals surface area contributed by atoms with E-state index in [4.69, 9.17) is 4.74 Å². The molecular weight excluding hydrogens is 420 g/mol. The van der Waals surface area contributed by atoms with Crippen molar-refractivity contribution in [3.05, 3.63) is 108 Å². The van der Waals surface area contributed by atoms with Crippen LogP contribution in [-0.2, 0) is 17.8 Å². The third kappa shape index (κ3) is 6.98. The number of anilines is 2. The number of nitrogens with zero attached hydrogens (tertiary/aromatic N) is 1. The van der Waals surface area contributed by atoms with Crippen molar-refractivity contribution in [2.24, 2.45) is 5.92 Å². The van der Waals surface area contributed by atoms with Crippen LogP contribution in [0.2, 0.25) is 0 Å². The van der Waals surface area contributed by atoms with Gasteiger partial charge in [-0.3, -0.25) is 0 Å². The number of carbonyl (C=O) groups excluding carboxylic acids is 1. The standard InChI is InChI=1S/C30H36N2O2/c1-5-13-23(3)24(4)31-28-19-18-27(30(33)34-6-2)20-29(28)32(21-25-14-9-7-10-15-25)22-26-16-11-8-12-17-26/h5,7-12,14-20,23-24,31H,1,6,13,21-22H2,2-4H3. The molecule has 3 rings (SSSR count). The van der Waals surface area contributed by atoms with Crippen LogP contribution in [-0.4, -0.2) is 18.6 Å². The molecule has 4 heteroatoms. The molecule has 0 radical (unpaired) electrons. The molecule has 0 aliphatic carbocycles. The summed E-state index contributed by atoms with van der Waals surface area (Å²) in [5.74, 6) is 0.120. The summed E-state index contributed by atoms with van der Waals surface area (Å²) in [7, 11) is 0. The summed E-state index contributed by atoms with van der Waals surface area (Å²) < 4.78 is 5.30. The van der Waals surface area contributed by atoms with Crippen molar-refractivity contribution in [2.75, 3.05) is 16.8 Å². The molecule has 0 amide bonds. The SMILES string of the molecule is C=CCC(C)C(C)Nc1ccc(C(=O)OCC)cc1N(Cc1ccccc1)Cc1ccccc1. The van der Waals surface area contributed by atoms with E-state index in [-0.39, 0.29) is 12.0 Å². The number of ether oxygens (including phenoxy) is 1. The number of hydrogen-bond acceptors (Lipinski definition) is 4. The summed E-state index contributed by atoms with van der Waals surface area (Å²) in [5, 5.41) is 3.70. The van der Waals surface area contributed by atoms with Gasteiger partial charge in [-0.05, 0) is 55.5 Å². The van der Waals surface area contributed by atoms with E-state index in [1.807, 2.05) is 43.3 Å². The molecule has 0 aliphatic rings. The zero-order chi connectivity index (χ0) is 24.3. The van der Waals surface area contributed by atoms with Crippen molar-refractivity contribution < 1.29 is 9.53 Å². The second-order valence-corrected chi connectivity index (χ2v) is 8.71. The van der Waals surface area contributed by atoms with Gasteiger partial charge in [-0.1, -0.05) is 73.7 Å². The first-order valence-electron chi connectivity index (χ1n) is 12.0. The van der Waals surface area contributed by atoms with Crippen molar-refractivity contribution in [3.8, 4) is 0 Å². The van der Waals surface area contributed by atoms with Crippen molar-refractivity contribution in [1.82, 2.24) is 0 Å². The third-order valence-electron chi connectivity index (χ3n) is 6.06. The lowest BCUT2D eigenvalue weighted by molar-refractivity contribution is 0.0526. The Morgan fingerprint density at radius 1 is 0.971 bits per heavy atom. The fraction of sp³-hybridized carbons (Fsp3) is 0.300. The minimum Gasteiger partial charge on any atom is -0.462 e. The van der Waals surface area contributed by atoms with Crippen LogP contribution in [0.4, 0.5) is 11.4 Å². The molecule has 2 unspecified atom stereocenters. The number of hydrogen-bond donors (Lipinski definition) is 1. The number of esters is 1. The highest BCUT2D eigenvalue weighted by Gasteiger charge is 2.19. The summed E-state index contributed by atoms with van der Waals surface area (Å²) in [6.07, 6.45) is 2.90. The normalized spacial score (nSPS) is 12.4. The zero-order valence-electron chi connectivity index (χ0n) is 20.5. The van der Waals surface area contributed by atoms with E-state index < -0.39 is 0 Å². The Morgan fingerprint density at radius 2 is 1.56 bits per heavy atom. The fourth-order valence-electron chi connectivity index (χ4n) is 3.95. The molecule has 4 nitrogen and oxygen atoms in total. The molecule has 0 aromatic heterocycles. The number of carbonyl (C=O) groups is 1. The van der Waals surface area contributed by atoms with Gasteiger partial charge >= 0.3 is 5.97 Å². The van der Waals surface area contributed by atoms with Gasteiger partial charge in [0.15, 0.2) is 0 Å². The minimum atomic E-state index is -0.303. The average Bonchev–Trinajstić information content (AvgIpc) is 2.85. The lowest BCUT2D eigenvalue weighted by Gasteiger charge is -2.30. The Labute approximate surface area is 204 Å². The maximum Gasteiger partial charge on any atom is 0.338 e. The monoisotopic (exact) mass is 456 g/mol. The lowest BCUT2D eigenvalue weighted by atomic mass is 9.99. The first kappa shape index (κ1) is 25.1. The van der Waals surface area contributed by atoms with Gasteiger partial charge in [-0.2, -0.15) is 0 Å². The Balaban J connectivity index is 2.03. The van der Waals surface area contributed by atoms with Crippen molar-refractivity contribution in [1.29, 1.82) is 0 Å². The highest BCUT2D eigenvalue weighted by atomic mass is 16.5. The molecule has 0 saturated carbocycles. The van der Waals surface area contributed by atoms with E-state index in [0.717, 1.165) is 17.8 Å². The minimum absolute atomic E-state index is 0.237. The van der Waals surface area contributed by atoms with Gasteiger partial charge in [-0.15, -0.1) is 6.58 Å². The first-order valence-corrected chi connectivity index (χ1v) is 12.0. The van der Waals surface area contributed by atoms with Crippen LogP contribution in [0.3, 0.4) is 0 Å². The van der Waals surface area contributed by atoms with Gasteiger partial charge in [0.1, 0.15) is 0 Å². The predicted molar refractivity (Wildman–Crippen MR) is 142 cm³/mol. The molecule has 2 atom stereocenters. The fourth-order valence-corrected chi connectivity index (χ4v) is 3.95. The summed E-state index contributed by atoms with van der Waals surface area (Å²) in [6.45, 7) is 11.9. The molecule has 1 N–H and O–H groups in total. The van der Waals surface area contributed by atoms with Crippen LogP contribution >= 0.6 is 0 Å². The Morgan fingerprint density at radius 3 is 2.09 bits per heavy atom. The molecule has 3 aromatic carbocycles. The van der Waals surface area contributed by atoms with E-state index in [1.54, 1.807) is 0 Å². The Kier molecular flexibility index (Phi) is 9.33. The second kappa shape index (κ2) is 12.6.